The van der Waals surface area contributed by atoms with Crippen molar-refractivity contribution in [3.8, 4) is 6.07 Å². The maximum atomic E-state index is 13.3. The number of thioether (sulfide) groups is 1. The summed E-state index contributed by atoms with van der Waals surface area (Å²) >= 11 is 1.69. The minimum Gasteiger partial charge on any atom is -0.381 e. The molecule has 2 aromatic rings. The van der Waals surface area contributed by atoms with Gasteiger partial charge in [-0.1, -0.05) is 0 Å². The van der Waals surface area contributed by atoms with Crippen LogP contribution in [-0.4, -0.2) is 77.4 Å². The van der Waals surface area contributed by atoms with Crippen LogP contribution in [0.1, 0.15) is 46.9 Å². The first-order valence-electron chi connectivity index (χ1n) is 12.4. The van der Waals surface area contributed by atoms with Crippen LogP contribution in [0, 0.1) is 11.3 Å². The number of anilines is 3. The Morgan fingerprint density at radius 3 is 2.89 bits per heavy atom. The molecule has 0 unspecified atom stereocenters. The van der Waals surface area contributed by atoms with Crippen LogP contribution < -0.4 is 15.5 Å². The fourth-order valence-corrected chi connectivity index (χ4v) is 5.33. The van der Waals surface area contributed by atoms with E-state index in [0.29, 0.717) is 60.7 Å². The molecular weight excluding hydrogens is 506 g/mol. The van der Waals surface area contributed by atoms with Gasteiger partial charge in [0.25, 0.3) is 5.91 Å². The minimum atomic E-state index is -0.459. The molecule has 0 spiro atoms. The number of ether oxygens (including phenoxy) is 1. The molecule has 2 N–H and O–H groups in total. The predicted octanol–water partition coefficient (Wildman–Crippen LogP) is 3.06. The lowest BCUT2D eigenvalue weighted by Crippen LogP contribution is -2.40. The molecule has 4 heterocycles. The second kappa shape index (κ2) is 12.2. The van der Waals surface area contributed by atoms with E-state index in [0.717, 1.165) is 17.7 Å². The molecule has 0 aromatic carbocycles. The number of hydrogen-bond acceptors (Lipinski definition) is 9. The van der Waals surface area contributed by atoms with E-state index < -0.39 is 12.1 Å². The van der Waals surface area contributed by atoms with Crippen molar-refractivity contribution < 1.29 is 19.1 Å². The number of amides is 3. The van der Waals surface area contributed by atoms with E-state index in [4.69, 9.17) is 4.74 Å². The smallest absolute Gasteiger partial charge is 0.328 e. The zero-order valence-electron chi connectivity index (χ0n) is 21.7. The first-order valence-corrected chi connectivity index (χ1v) is 13.8. The van der Waals surface area contributed by atoms with Gasteiger partial charge < -0.3 is 15.0 Å². The number of aldehydes is 1. The van der Waals surface area contributed by atoms with Gasteiger partial charge in [0.1, 0.15) is 29.5 Å². The zero-order valence-corrected chi connectivity index (χ0v) is 22.5. The van der Waals surface area contributed by atoms with Crippen molar-refractivity contribution in [1.29, 1.82) is 5.26 Å². The van der Waals surface area contributed by atoms with E-state index in [9.17, 15) is 19.6 Å². The Hall–Kier alpha value is -3.69. The molecule has 0 saturated carbocycles. The van der Waals surface area contributed by atoms with Gasteiger partial charge in [-0.15, -0.1) is 0 Å². The van der Waals surface area contributed by atoms with Crippen LogP contribution in [0.15, 0.2) is 18.3 Å². The maximum Gasteiger partial charge on any atom is 0.328 e. The molecule has 38 heavy (non-hydrogen) atoms. The number of urea groups is 1. The molecule has 3 amide bonds. The number of methoxy groups -OCH3 is 1. The van der Waals surface area contributed by atoms with E-state index in [-0.39, 0.29) is 24.2 Å². The average molecular weight is 538 g/mol. The lowest BCUT2D eigenvalue weighted by molar-refractivity contribution is -0.136. The highest BCUT2D eigenvalue weighted by Gasteiger charge is 2.33. The van der Waals surface area contributed by atoms with Gasteiger partial charge in [0, 0.05) is 62.8 Å². The number of aromatic nitrogens is 2. The van der Waals surface area contributed by atoms with Gasteiger partial charge in [0.15, 0.2) is 6.29 Å². The highest BCUT2D eigenvalue weighted by Crippen LogP contribution is 2.29. The Labute approximate surface area is 225 Å². The summed E-state index contributed by atoms with van der Waals surface area (Å²) in [4.78, 5) is 49.7. The van der Waals surface area contributed by atoms with Crippen LogP contribution in [-0.2, 0) is 22.5 Å². The zero-order chi connectivity index (χ0) is 27.2. The highest BCUT2D eigenvalue weighted by atomic mass is 32.2. The topological polar surface area (TPSA) is 141 Å². The summed E-state index contributed by atoms with van der Waals surface area (Å²) < 4.78 is 5.22. The molecule has 2 aliphatic rings. The average Bonchev–Trinajstić information content (AvgIpc) is 3.26. The molecule has 12 heteroatoms. The number of hydrogen-bond donors (Lipinski definition) is 2. The van der Waals surface area contributed by atoms with Gasteiger partial charge in [-0.05, 0) is 37.7 Å². The molecule has 1 fully saturated rings. The molecule has 0 aliphatic carbocycles. The lowest BCUT2D eigenvalue weighted by Gasteiger charge is -2.29. The van der Waals surface area contributed by atoms with Gasteiger partial charge in [-0.2, -0.15) is 17.0 Å². The monoisotopic (exact) mass is 537 g/mol. The van der Waals surface area contributed by atoms with E-state index in [1.807, 2.05) is 19.2 Å². The van der Waals surface area contributed by atoms with Crippen LogP contribution in [0.3, 0.4) is 0 Å². The number of carbonyl (C=O) groups is 3. The normalized spacial score (nSPS) is 17.5. The molecule has 2 aliphatic heterocycles. The summed E-state index contributed by atoms with van der Waals surface area (Å²) in [5.74, 6) is 1.47. The van der Waals surface area contributed by atoms with E-state index in [2.05, 4.69) is 26.7 Å². The summed E-state index contributed by atoms with van der Waals surface area (Å²) in [6, 6.07) is 5.33. The lowest BCUT2D eigenvalue weighted by atomic mass is 10.0. The number of fused-ring (bicyclic) bond motifs is 1. The number of nitrogens with one attached hydrogen (secondary N) is 2. The number of nitrogens with zero attached hydrogens (tertiary/aromatic N) is 5. The Bertz CT molecular complexity index is 1260. The second-order valence-electron chi connectivity index (χ2n) is 9.32. The predicted molar refractivity (Wildman–Crippen MR) is 146 cm³/mol. The first-order chi connectivity index (χ1) is 18.4. The fourth-order valence-electron chi connectivity index (χ4n) is 4.74. The minimum absolute atomic E-state index is 0.102. The Kier molecular flexibility index (Phi) is 8.81. The second-order valence-corrected chi connectivity index (χ2v) is 10.2. The van der Waals surface area contributed by atoms with Gasteiger partial charge in [0.05, 0.1) is 11.3 Å². The SMILES string of the molecule is CO[C@@H]1CCN(Cc2cc3c(nc2C=O)N(C(=O)Nc2cc(N[C@H](C)CSC)c(C#N)cn2)CCC3)C1=O. The summed E-state index contributed by atoms with van der Waals surface area (Å²) in [7, 11) is 1.51. The van der Waals surface area contributed by atoms with E-state index in [1.165, 1.54) is 18.2 Å². The molecule has 1 saturated heterocycles. The molecule has 2 aromatic heterocycles. The summed E-state index contributed by atoms with van der Waals surface area (Å²) in [5.41, 5.74) is 2.66. The molecule has 2 atom stereocenters. The van der Waals surface area contributed by atoms with Gasteiger partial charge in [-0.25, -0.2) is 14.8 Å². The van der Waals surface area contributed by atoms with Gasteiger partial charge >= 0.3 is 6.03 Å². The van der Waals surface area contributed by atoms with Gasteiger partial charge in [-0.3, -0.25) is 19.8 Å². The third-order valence-electron chi connectivity index (χ3n) is 6.60. The van der Waals surface area contributed by atoms with Crippen molar-refractivity contribution in [3.05, 3.63) is 40.7 Å². The number of nitriles is 1. The van der Waals surface area contributed by atoms with Crippen LogP contribution in [0.5, 0.6) is 0 Å². The van der Waals surface area contributed by atoms with Crippen LogP contribution in [0.2, 0.25) is 0 Å². The largest absolute Gasteiger partial charge is 0.381 e. The Balaban J connectivity index is 1.54. The summed E-state index contributed by atoms with van der Waals surface area (Å²) in [6.07, 6.45) is 5.66. The van der Waals surface area contributed by atoms with Crippen molar-refractivity contribution in [3.63, 3.8) is 0 Å². The van der Waals surface area contributed by atoms with Crippen LogP contribution >= 0.6 is 11.8 Å². The number of aryl methyl sites for hydroxylation is 1. The van der Waals surface area contributed by atoms with Crippen molar-refractivity contribution in [1.82, 2.24) is 14.9 Å². The third kappa shape index (κ3) is 5.89. The quantitative estimate of drug-likeness (QED) is 0.462. The first kappa shape index (κ1) is 27.3. The Morgan fingerprint density at radius 1 is 1.39 bits per heavy atom. The van der Waals surface area contributed by atoms with E-state index >= 15 is 0 Å². The number of carbonyl (C=O) groups excluding carboxylic acids is 3. The molecular formula is C26H31N7O4S. The van der Waals surface area contributed by atoms with Gasteiger partial charge in [0.2, 0.25) is 0 Å². The summed E-state index contributed by atoms with van der Waals surface area (Å²) in [6.45, 7) is 3.25. The molecule has 200 valence electrons. The molecule has 0 bridgehead atoms. The molecule has 0 radical (unpaired) electrons. The maximum absolute atomic E-state index is 13.3. The summed E-state index contributed by atoms with van der Waals surface area (Å²) in [5, 5.41) is 15.6. The third-order valence-corrected chi connectivity index (χ3v) is 7.44. The fraction of sp³-hybridized carbons (Fsp3) is 0.462. The molecule has 11 nitrogen and oxygen atoms in total. The standard InChI is InChI=1S/C26H31N7O4S/c1-16(15-38-3)29-20-10-23(28-12-19(20)11-27)31-26(36)33-7-4-5-17-9-18(21(14-34)30-24(17)33)13-32-8-6-22(37-2)25(32)35/h9-10,12,14,16,22H,4-8,13,15H2,1-3H3,(H2,28,29,31,36)/t16-,22-/m1/s1. The number of likely N-dealkylation sites (tertiary alicyclic amines) is 1. The van der Waals surface area contributed by atoms with Crippen LogP contribution in [0.25, 0.3) is 0 Å². The van der Waals surface area contributed by atoms with Crippen molar-refractivity contribution >= 4 is 47.3 Å². The number of pyridine rings is 2. The van der Waals surface area contributed by atoms with Crippen molar-refractivity contribution in [2.75, 3.05) is 47.7 Å². The highest BCUT2D eigenvalue weighted by molar-refractivity contribution is 7.98. The number of rotatable bonds is 9. The van der Waals surface area contributed by atoms with Crippen molar-refractivity contribution in [2.45, 2.75) is 44.9 Å². The van der Waals surface area contributed by atoms with Crippen LogP contribution in [0.4, 0.5) is 22.1 Å². The van der Waals surface area contributed by atoms with E-state index in [1.54, 1.807) is 22.7 Å². The molecule has 4 rings (SSSR count). The Morgan fingerprint density at radius 2 is 2.21 bits per heavy atom. The van der Waals surface area contributed by atoms with Crippen molar-refractivity contribution in [2.24, 2.45) is 0 Å².